The minimum Gasteiger partial charge on any atom is -0.321 e. The summed E-state index contributed by atoms with van der Waals surface area (Å²) in [6, 6.07) is 12.0. The average Bonchev–Trinajstić information content (AvgIpc) is 2.98. The van der Waals surface area contributed by atoms with Crippen molar-refractivity contribution in [2.75, 3.05) is 16.8 Å². The van der Waals surface area contributed by atoms with E-state index >= 15 is 0 Å². The number of amides is 2. The van der Waals surface area contributed by atoms with Crippen molar-refractivity contribution in [3.63, 3.8) is 0 Å². The van der Waals surface area contributed by atoms with Crippen LogP contribution >= 0.6 is 23.2 Å². The summed E-state index contributed by atoms with van der Waals surface area (Å²) >= 11 is 12.0. The largest absolute Gasteiger partial charge is 0.321 e. The van der Waals surface area contributed by atoms with Crippen molar-refractivity contribution in [1.82, 2.24) is 0 Å². The highest BCUT2D eigenvalue weighted by atomic mass is 35.5. The van der Waals surface area contributed by atoms with Gasteiger partial charge in [-0.1, -0.05) is 35.3 Å². The molecule has 1 heterocycles. The Morgan fingerprint density at radius 1 is 1.13 bits per heavy atom. The molecule has 0 bridgehead atoms. The summed E-state index contributed by atoms with van der Waals surface area (Å²) in [5, 5.41) is 3.41. The van der Waals surface area contributed by atoms with E-state index in [1.807, 2.05) is 6.07 Å². The molecule has 2 amide bonds. The van der Waals surface area contributed by atoms with Crippen molar-refractivity contribution in [3.05, 3.63) is 58.1 Å². The van der Waals surface area contributed by atoms with Crippen molar-refractivity contribution in [2.24, 2.45) is 0 Å². The van der Waals surface area contributed by atoms with Gasteiger partial charge in [-0.05, 0) is 36.8 Å². The number of nitrogens with one attached hydrogen (secondary N) is 1. The summed E-state index contributed by atoms with van der Waals surface area (Å²) in [5.41, 5.74) is 1.64. The molecule has 0 aliphatic carbocycles. The maximum atomic E-state index is 12.4. The van der Waals surface area contributed by atoms with Crippen LogP contribution in [-0.4, -0.2) is 18.4 Å². The molecule has 0 saturated carbocycles. The molecule has 2 aromatic carbocycles. The molecule has 2 aromatic rings. The molecule has 4 nitrogen and oxygen atoms in total. The molecule has 0 spiro atoms. The van der Waals surface area contributed by atoms with E-state index in [0.29, 0.717) is 34.3 Å². The molecule has 118 valence electrons. The molecule has 1 fully saturated rings. The zero-order valence-electron chi connectivity index (χ0n) is 12.2. The fraction of sp³-hybridized carbons (Fsp3) is 0.176. The Balaban J connectivity index is 1.82. The average molecular weight is 349 g/mol. The van der Waals surface area contributed by atoms with E-state index < -0.39 is 0 Å². The van der Waals surface area contributed by atoms with Crippen LogP contribution in [0.1, 0.15) is 23.2 Å². The molecular weight excluding hydrogens is 335 g/mol. The smallest absolute Gasteiger partial charge is 0.255 e. The van der Waals surface area contributed by atoms with E-state index in [0.717, 1.165) is 12.1 Å². The predicted molar refractivity (Wildman–Crippen MR) is 92.4 cm³/mol. The first kappa shape index (κ1) is 15.8. The first-order valence-electron chi connectivity index (χ1n) is 7.22. The van der Waals surface area contributed by atoms with Crippen LogP contribution in [0.5, 0.6) is 0 Å². The quantitative estimate of drug-likeness (QED) is 0.894. The van der Waals surface area contributed by atoms with Crippen LogP contribution in [-0.2, 0) is 4.79 Å². The van der Waals surface area contributed by atoms with Crippen molar-refractivity contribution < 1.29 is 9.59 Å². The number of hydrogen-bond acceptors (Lipinski definition) is 2. The molecule has 23 heavy (non-hydrogen) atoms. The maximum Gasteiger partial charge on any atom is 0.255 e. The number of anilines is 2. The fourth-order valence-electron chi connectivity index (χ4n) is 2.53. The van der Waals surface area contributed by atoms with Gasteiger partial charge in [-0.2, -0.15) is 0 Å². The fourth-order valence-corrected chi connectivity index (χ4v) is 2.88. The Bertz CT molecular complexity index is 777. The van der Waals surface area contributed by atoms with Gasteiger partial charge in [0, 0.05) is 24.2 Å². The summed E-state index contributed by atoms with van der Waals surface area (Å²) < 4.78 is 0. The molecular formula is C17H14Cl2N2O2. The van der Waals surface area contributed by atoms with E-state index in [-0.39, 0.29) is 11.8 Å². The lowest BCUT2D eigenvalue weighted by atomic mass is 10.1. The summed E-state index contributed by atoms with van der Waals surface area (Å²) in [7, 11) is 0. The molecule has 0 aromatic heterocycles. The van der Waals surface area contributed by atoms with Crippen molar-refractivity contribution in [2.45, 2.75) is 12.8 Å². The van der Waals surface area contributed by atoms with Crippen LogP contribution in [0.2, 0.25) is 10.0 Å². The molecule has 1 aliphatic rings. The third-order valence-corrected chi connectivity index (χ3v) is 4.51. The van der Waals surface area contributed by atoms with Gasteiger partial charge < -0.3 is 10.2 Å². The highest BCUT2D eigenvalue weighted by molar-refractivity contribution is 6.44. The van der Waals surface area contributed by atoms with Crippen LogP contribution in [0.15, 0.2) is 42.5 Å². The lowest BCUT2D eigenvalue weighted by Crippen LogP contribution is -2.24. The zero-order chi connectivity index (χ0) is 16.4. The molecule has 0 unspecified atom stereocenters. The highest BCUT2D eigenvalue weighted by Crippen LogP contribution is 2.30. The summed E-state index contributed by atoms with van der Waals surface area (Å²) in [5.74, 6) is -0.219. The van der Waals surface area contributed by atoms with Gasteiger partial charge in [0.25, 0.3) is 5.91 Å². The second kappa shape index (κ2) is 6.60. The third-order valence-electron chi connectivity index (χ3n) is 3.69. The van der Waals surface area contributed by atoms with Gasteiger partial charge in [0.1, 0.15) is 0 Å². The Labute approximate surface area is 144 Å². The minimum absolute atomic E-state index is 0.0837. The normalized spacial score (nSPS) is 14.2. The molecule has 1 aliphatic heterocycles. The van der Waals surface area contributed by atoms with E-state index in [1.54, 1.807) is 41.3 Å². The first-order chi connectivity index (χ1) is 11.1. The van der Waals surface area contributed by atoms with Gasteiger partial charge in [-0.25, -0.2) is 0 Å². The number of carbonyl (C=O) groups is 2. The Hall–Kier alpha value is -2.04. The monoisotopic (exact) mass is 348 g/mol. The zero-order valence-corrected chi connectivity index (χ0v) is 13.7. The maximum absolute atomic E-state index is 12.4. The van der Waals surface area contributed by atoms with E-state index in [2.05, 4.69) is 5.32 Å². The molecule has 0 atom stereocenters. The van der Waals surface area contributed by atoms with Gasteiger partial charge in [-0.3, -0.25) is 9.59 Å². The second-order valence-electron chi connectivity index (χ2n) is 5.25. The number of halogens is 2. The number of nitrogens with zero attached hydrogens (tertiary/aromatic N) is 1. The third kappa shape index (κ3) is 3.33. The number of benzene rings is 2. The van der Waals surface area contributed by atoms with Crippen LogP contribution in [0.25, 0.3) is 0 Å². The van der Waals surface area contributed by atoms with Gasteiger partial charge in [-0.15, -0.1) is 0 Å². The van der Waals surface area contributed by atoms with Crippen molar-refractivity contribution >= 4 is 46.4 Å². The van der Waals surface area contributed by atoms with Crippen molar-refractivity contribution in [1.29, 1.82) is 0 Å². The number of carbonyl (C=O) groups excluding carboxylic acids is 2. The molecule has 6 heteroatoms. The second-order valence-corrected chi connectivity index (χ2v) is 6.04. The van der Waals surface area contributed by atoms with E-state index in [9.17, 15) is 9.59 Å². The number of hydrogen-bond donors (Lipinski definition) is 1. The van der Waals surface area contributed by atoms with Gasteiger partial charge in [0.05, 0.1) is 15.7 Å². The van der Waals surface area contributed by atoms with Gasteiger partial charge in [0.15, 0.2) is 0 Å². The lowest BCUT2D eigenvalue weighted by molar-refractivity contribution is -0.117. The SMILES string of the molecule is O=C(Nc1cccc(Cl)c1Cl)c1cccc(N2CCCC2=O)c1. The van der Waals surface area contributed by atoms with Crippen LogP contribution < -0.4 is 10.2 Å². The molecule has 0 radical (unpaired) electrons. The summed E-state index contributed by atoms with van der Waals surface area (Å²) in [4.78, 5) is 25.9. The van der Waals surface area contributed by atoms with Gasteiger partial charge in [0.2, 0.25) is 5.91 Å². The van der Waals surface area contributed by atoms with E-state index in [4.69, 9.17) is 23.2 Å². The Morgan fingerprint density at radius 3 is 2.65 bits per heavy atom. The van der Waals surface area contributed by atoms with Gasteiger partial charge >= 0.3 is 0 Å². The summed E-state index contributed by atoms with van der Waals surface area (Å²) in [6.07, 6.45) is 1.39. The first-order valence-corrected chi connectivity index (χ1v) is 7.97. The Morgan fingerprint density at radius 2 is 1.91 bits per heavy atom. The standard InChI is InChI=1S/C17H14Cl2N2O2/c18-13-6-2-7-14(16(13)19)20-17(23)11-4-1-5-12(10-11)21-9-3-8-15(21)22/h1-2,4-7,10H,3,8-9H2,(H,20,23). The molecule has 3 rings (SSSR count). The van der Waals surface area contributed by atoms with Crippen LogP contribution in [0.3, 0.4) is 0 Å². The minimum atomic E-state index is -0.303. The lowest BCUT2D eigenvalue weighted by Gasteiger charge is -2.16. The molecule has 1 N–H and O–H groups in total. The predicted octanol–water partition coefficient (Wildman–Crippen LogP) is 4.37. The highest BCUT2D eigenvalue weighted by Gasteiger charge is 2.22. The van der Waals surface area contributed by atoms with Crippen LogP contribution in [0.4, 0.5) is 11.4 Å². The van der Waals surface area contributed by atoms with Crippen LogP contribution in [0, 0.1) is 0 Å². The summed E-state index contributed by atoms with van der Waals surface area (Å²) in [6.45, 7) is 0.685. The number of rotatable bonds is 3. The topological polar surface area (TPSA) is 49.4 Å². The molecule has 1 saturated heterocycles. The van der Waals surface area contributed by atoms with E-state index in [1.165, 1.54) is 0 Å². The Kier molecular flexibility index (Phi) is 4.55. The van der Waals surface area contributed by atoms with Crippen molar-refractivity contribution in [3.8, 4) is 0 Å².